The fraction of sp³-hybridized carbons (Fsp3) is 0.250. The van der Waals surface area contributed by atoms with E-state index in [2.05, 4.69) is 6.92 Å². The first-order valence-corrected chi connectivity index (χ1v) is 9.24. The van der Waals surface area contributed by atoms with Crippen LogP contribution in [0.2, 0.25) is 10.0 Å². The Labute approximate surface area is 160 Å². The molecule has 6 heteroatoms. The molecule has 0 N–H and O–H groups in total. The van der Waals surface area contributed by atoms with Gasteiger partial charge in [-0.25, -0.2) is 4.79 Å². The van der Waals surface area contributed by atoms with Crippen LogP contribution in [0.25, 0.3) is 11.0 Å². The van der Waals surface area contributed by atoms with Crippen LogP contribution in [0, 0.1) is 0 Å². The molecule has 0 unspecified atom stereocenters. The highest BCUT2D eigenvalue weighted by Crippen LogP contribution is 2.36. The number of anilines is 1. The lowest BCUT2D eigenvalue weighted by Gasteiger charge is -2.31. The second kappa shape index (κ2) is 6.86. The molecule has 26 heavy (non-hydrogen) atoms. The molecule has 2 heterocycles. The van der Waals surface area contributed by atoms with Crippen molar-refractivity contribution in [3.8, 4) is 5.75 Å². The maximum atomic E-state index is 12.0. The molecule has 1 aliphatic rings. The van der Waals surface area contributed by atoms with Crippen molar-refractivity contribution in [2.24, 2.45) is 0 Å². The minimum absolute atomic E-state index is 0.332. The molecule has 0 bridgehead atoms. The number of fused-ring (bicyclic) bond motifs is 3. The van der Waals surface area contributed by atoms with Gasteiger partial charge in [-0.1, -0.05) is 36.5 Å². The summed E-state index contributed by atoms with van der Waals surface area (Å²) in [7, 11) is 0. The van der Waals surface area contributed by atoms with Gasteiger partial charge in [-0.15, -0.1) is 0 Å². The van der Waals surface area contributed by atoms with Crippen LogP contribution < -0.4 is 15.3 Å². The van der Waals surface area contributed by atoms with Gasteiger partial charge in [-0.2, -0.15) is 0 Å². The van der Waals surface area contributed by atoms with E-state index in [-0.39, 0.29) is 5.63 Å². The monoisotopic (exact) mass is 389 g/mol. The van der Waals surface area contributed by atoms with Crippen LogP contribution in [0.4, 0.5) is 5.69 Å². The largest absolute Gasteiger partial charge is 0.473 e. The molecule has 1 aliphatic heterocycles. The van der Waals surface area contributed by atoms with Gasteiger partial charge in [0.25, 0.3) is 0 Å². The van der Waals surface area contributed by atoms with E-state index in [0.717, 1.165) is 40.8 Å². The van der Waals surface area contributed by atoms with E-state index in [1.807, 2.05) is 29.2 Å². The summed E-state index contributed by atoms with van der Waals surface area (Å²) >= 11 is 12.2. The number of ether oxygens (including phenoxy) is 1. The number of hydrogen-bond donors (Lipinski definition) is 0. The molecule has 0 saturated carbocycles. The molecule has 1 aromatic heterocycles. The lowest BCUT2D eigenvalue weighted by atomic mass is 10.0. The van der Waals surface area contributed by atoms with Crippen LogP contribution >= 0.6 is 23.2 Å². The van der Waals surface area contributed by atoms with E-state index in [4.69, 9.17) is 32.4 Å². The molecule has 0 atom stereocenters. The maximum Gasteiger partial charge on any atom is 0.336 e. The summed E-state index contributed by atoms with van der Waals surface area (Å²) in [5.41, 5.74) is 3.04. The summed E-state index contributed by atoms with van der Waals surface area (Å²) in [5, 5.41) is 1.96. The standard InChI is InChI=1S/C20H17Cl2NO3/c1-2-3-12-8-19(24)26-20-14(12)5-7-18-15(20)10-23(11-25-18)13-4-6-16(21)17(22)9-13/h4-9H,2-3,10-11H2,1H3. The number of rotatable bonds is 3. The number of halogens is 2. The van der Waals surface area contributed by atoms with Gasteiger partial charge < -0.3 is 14.1 Å². The van der Waals surface area contributed by atoms with Gasteiger partial charge in [-0.05, 0) is 42.3 Å². The zero-order valence-electron chi connectivity index (χ0n) is 14.2. The van der Waals surface area contributed by atoms with Crippen molar-refractivity contribution in [3.63, 3.8) is 0 Å². The molecule has 0 spiro atoms. The van der Waals surface area contributed by atoms with Crippen molar-refractivity contribution in [1.29, 1.82) is 0 Å². The highest BCUT2D eigenvalue weighted by Gasteiger charge is 2.23. The van der Waals surface area contributed by atoms with Crippen LogP contribution in [0.15, 0.2) is 45.6 Å². The molecule has 0 saturated heterocycles. The van der Waals surface area contributed by atoms with Crippen molar-refractivity contribution in [3.05, 3.63) is 68.0 Å². The Morgan fingerprint density at radius 2 is 1.96 bits per heavy atom. The van der Waals surface area contributed by atoms with Crippen molar-refractivity contribution < 1.29 is 9.15 Å². The topological polar surface area (TPSA) is 42.7 Å². The maximum absolute atomic E-state index is 12.0. The van der Waals surface area contributed by atoms with Crippen LogP contribution in [0.3, 0.4) is 0 Å². The number of benzene rings is 2. The smallest absolute Gasteiger partial charge is 0.336 e. The van der Waals surface area contributed by atoms with Crippen LogP contribution in [-0.4, -0.2) is 6.73 Å². The predicted molar refractivity (Wildman–Crippen MR) is 105 cm³/mol. The predicted octanol–water partition coefficient (Wildman–Crippen LogP) is 5.41. The Balaban J connectivity index is 1.81. The van der Waals surface area contributed by atoms with E-state index in [1.54, 1.807) is 12.1 Å². The van der Waals surface area contributed by atoms with Gasteiger partial charge in [0.15, 0.2) is 6.73 Å². The molecule has 0 radical (unpaired) electrons. The van der Waals surface area contributed by atoms with Gasteiger partial charge in [-0.3, -0.25) is 0 Å². The molecular formula is C20H17Cl2NO3. The molecule has 0 fully saturated rings. The fourth-order valence-corrected chi connectivity index (χ4v) is 3.61. The summed E-state index contributed by atoms with van der Waals surface area (Å²) < 4.78 is 11.5. The van der Waals surface area contributed by atoms with Gasteiger partial charge in [0, 0.05) is 17.1 Å². The molecular weight excluding hydrogens is 373 g/mol. The summed E-state index contributed by atoms with van der Waals surface area (Å²) in [6, 6.07) is 11.0. The minimum Gasteiger partial charge on any atom is -0.473 e. The van der Waals surface area contributed by atoms with E-state index in [1.165, 1.54) is 0 Å². The second-order valence-corrected chi connectivity index (χ2v) is 7.14. The third kappa shape index (κ3) is 3.04. The highest BCUT2D eigenvalue weighted by atomic mass is 35.5. The Morgan fingerprint density at radius 3 is 2.73 bits per heavy atom. The molecule has 134 valence electrons. The van der Waals surface area contributed by atoms with E-state index in [9.17, 15) is 4.79 Å². The Bertz CT molecular complexity index is 1050. The summed E-state index contributed by atoms with van der Waals surface area (Å²) in [4.78, 5) is 14.1. The zero-order valence-corrected chi connectivity index (χ0v) is 15.7. The van der Waals surface area contributed by atoms with E-state index >= 15 is 0 Å². The molecule has 4 rings (SSSR count). The lowest BCUT2D eigenvalue weighted by molar-refractivity contribution is 0.289. The van der Waals surface area contributed by atoms with Gasteiger partial charge in [0.2, 0.25) is 0 Å². The van der Waals surface area contributed by atoms with Crippen molar-refractivity contribution >= 4 is 39.9 Å². The van der Waals surface area contributed by atoms with Crippen LogP contribution in [0.5, 0.6) is 5.75 Å². The number of nitrogens with zero attached hydrogens (tertiary/aromatic N) is 1. The molecule has 3 aromatic rings. The average molecular weight is 390 g/mol. The molecule has 0 amide bonds. The van der Waals surface area contributed by atoms with Gasteiger partial charge in [0.1, 0.15) is 11.3 Å². The average Bonchev–Trinajstić information content (AvgIpc) is 2.63. The highest BCUT2D eigenvalue weighted by molar-refractivity contribution is 6.42. The normalized spacial score (nSPS) is 13.6. The second-order valence-electron chi connectivity index (χ2n) is 6.33. The first kappa shape index (κ1) is 17.3. The molecule has 4 nitrogen and oxygen atoms in total. The summed E-state index contributed by atoms with van der Waals surface area (Å²) in [6.45, 7) is 3.03. The third-order valence-electron chi connectivity index (χ3n) is 4.57. The fourth-order valence-electron chi connectivity index (χ4n) is 3.32. The van der Waals surface area contributed by atoms with Gasteiger partial charge in [0.05, 0.1) is 22.2 Å². The molecule has 2 aromatic carbocycles. The van der Waals surface area contributed by atoms with Crippen LogP contribution in [-0.2, 0) is 13.0 Å². The zero-order chi connectivity index (χ0) is 18.3. The SMILES string of the molecule is CCCc1cc(=O)oc2c3c(ccc12)OCN(c1ccc(Cl)c(Cl)c1)C3. The molecule has 0 aliphatic carbocycles. The lowest BCUT2D eigenvalue weighted by Crippen LogP contribution is -2.32. The minimum atomic E-state index is -0.332. The Kier molecular flexibility index (Phi) is 4.55. The van der Waals surface area contributed by atoms with Crippen molar-refractivity contribution in [1.82, 2.24) is 0 Å². The Hall–Kier alpha value is -2.17. The first-order valence-electron chi connectivity index (χ1n) is 8.48. The summed E-state index contributed by atoms with van der Waals surface area (Å²) in [6.07, 6.45) is 1.79. The van der Waals surface area contributed by atoms with Crippen molar-refractivity contribution in [2.75, 3.05) is 11.6 Å². The first-order chi connectivity index (χ1) is 12.6. The third-order valence-corrected chi connectivity index (χ3v) is 5.31. The quantitative estimate of drug-likeness (QED) is 0.561. The van der Waals surface area contributed by atoms with Crippen molar-refractivity contribution in [2.45, 2.75) is 26.3 Å². The summed E-state index contributed by atoms with van der Waals surface area (Å²) in [5.74, 6) is 0.741. The number of hydrogen-bond acceptors (Lipinski definition) is 4. The Morgan fingerprint density at radius 1 is 1.12 bits per heavy atom. The van der Waals surface area contributed by atoms with E-state index in [0.29, 0.717) is 28.9 Å². The van der Waals surface area contributed by atoms with E-state index < -0.39 is 0 Å². The van der Waals surface area contributed by atoms with Gasteiger partial charge >= 0.3 is 5.63 Å². The number of aryl methyl sites for hydroxylation is 1. The van der Waals surface area contributed by atoms with Crippen LogP contribution in [0.1, 0.15) is 24.5 Å².